The van der Waals surface area contributed by atoms with Crippen LogP contribution in [0.4, 0.5) is 0 Å². The maximum Gasteiger partial charge on any atom is 0.265 e. The number of nitrogens with zero attached hydrogens (tertiary/aromatic N) is 2. The molecular formula is C14H21N3O2. The van der Waals surface area contributed by atoms with Crippen LogP contribution in [0.2, 0.25) is 0 Å². The fourth-order valence-electron chi connectivity index (χ4n) is 1.79. The van der Waals surface area contributed by atoms with Crippen LogP contribution in [0.15, 0.2) is 35.5 Å². The highest BCUT2D eigenvalue weighted by Crippen LogP contribution is 2.03. The van der Waals surface area contributed by atoms with Gasteiger partial charge >= 0.3 is 0 Å². The highest BCUT2D eigenvalue weighted by atomic mass is 16.4. The monoisotopic (exact) mass is 263 g/mol. The zero-order valence-electron chi connectivity index (χ0n) is 11.2. The Hall–Kier alpha value is -1.88. The number of rotatable bonds is 8. The van der Waals surface area contributed by atoms with Crippen molar-refractivity contribution in [1.82, 2.24) is 10.2 Å². The number of oxime groups is 1. The molecule has 0 atom stereocenters. The van der Waals surface area contributed by atoms with Gasteiger partial charge in [0.1, 0.15) is 6.21 Å². The third-order valence-corrected chi connectivity index (χ3v) is 2.74. The highest BCUT2D eigenvalue weighted by Gasteiger charge is 2.00. The maximum atomic E-state index is 11.0. The molecule has 5 heteroatoms. The van der Waals surface area contributed by atoms with Gasteiger partial charge < -0.3 is 15.4 Å². The second kappa shape index (κ2) is 9.10. The van der Waals surface area contributed by atoms with Crippen LogP contribution in [0.3, 0.4) is 0 Å². The Labute approximate surface area is 113 Å². The molecule has 0 fully saturated rings. The Morgan fingerprint density at radius 2 is 2.11 bits per heavy atom. The smallest absolute Gasteiger partial charge is 0.265 e. The first-order valence-corrected chi connectivity index (χ1v) is 6.40. The number of amides is 1. The topological polar surface area (TPSA) is 64.9 Å². The minimum absolute atomic E-state index is 0.361. The Morgan fingerprint density at radius 1 is 1.37 bits per heavy atom. The molecular weight excluding hydrogens is 242 g/mol. The molecule has 0 saturated heterocycles. The summed E-state index contributed by atoms with van der Waals surface area (Å²) < 4.78 is 0. The molecule has 0 aliphatic rings. The molecule has 0 heterocycles. The van der Waals surface area contributed by atoms with E-state index in [1.165, 1.54) is 5.56 Å². The molecule has 1 aromatic carbocycles. The van der Waals surface area contributed by atoms with Crippen LogP contribution in [0.25, 0.3) is 0 Å². The fourth-order valence-corrected chi connectivity index (χ4v) is 1.79. The Bertz CT molecular complexity index is 393. The van der Waals surface area contributed by atoms with Gasteiger partial charge in [-0.15, -0.1) is 0 Å². The normalized spacial score (nSPS) is 11.1. The molecule has 104 valence electrons. The minimum atomic E-state index is -0.361. The summed E-state index contributed by atoms with van der Waals surface area (Å²) >= 11 is 0. The summed E-state index contributed by atoms with van der Waals surface area (Å²) in [6.07, 6.45) is 2.78. The third-order valence-electron chi connectivity index (χ3n) is 2.74. The Morgan fingerprint density at radius 3 is 2.79 bits per heavy atom. The van der Waals surface area contributed by atoms with Crippen molar-refractivity contribution in [1.29, 1.82) is 0 Å². The van der Waals surface area contributed by atoms with Gasteiger partial charge in [-0.3, -0.25) is 4.79 Å². The predicted octanol–water partition coefficient (Wildman–Crippen LogP) is 1.47. The molecule has 5 nitrogen and oxygen atoms in total. The Balaban J connectivity index is 2.08. The summed E-state index contributed by atoms with van der Waals surface area (Å²) in [5.41, 5.74) is 1.30. The van der Waals surface area contributed by atoms with Crippen LogP contribution in [0.1, 0.15) is 18.4 Å². The number of hydrogen-bond acceptors (Lipinski definition) is 4. The van der Waals surface area contributed by atoms with Gasteiger partial charge in [-0.1, -0.05) is 35.5 Å². The van der Waals surface area contributed by atoms with E-state index in [4.69, 9.17) is 5.21 Å². The summed E-state index contributed by atoms with van der Waals surface area (Å²) in [7, 11) is 2.09. The van der Waals surface area contributed by atoms with E-state index in [1.54, 1.807) is 0 Å². The molecule has 0 aliphatic heterocycles. The van der Waals surface area contributed by atoms with E-state index in [9.17, 15) is 4.79 Å². The lowest BCUT2D eigenvalue weighted by Gasteiger charge is -2.16. The fraction of sp³-hybridized carbons (Fsp3) is 0.429. The number of carbonyl (C=O) groups excluding carboxylic acids is 1. The molecule has 1 rings (SSSR count). The van der Waals surface area contributed by atoms with E-state index < -0.39 is 0 Å². The van der Waals surface area contributed by atoms with E-state index in [0.29, 0.717) is 6.54 Å². The summed E-state index contributed by atoms with van der Waals surface area (Å²) in [6.45, 7) is 2.52. The van der Waals surface area contributed by atoms with E-state index in [1.807, 2.05) is 18.2 Å². The molecule has 1 aromatic rings. The third kappa shape index (κ3) is 7.21. The summed E-state index contributed by atoms with van der Waals surface area (Å²) in [5.74, 6) is -0.361. The van der Waals surface area contributed by atoms with Crippen LogP contribution in [0.5, 0.6) is 0 Å². The summed E-state index contributed by atoms with van der Waals surface area (Å²) in [5, 5.41) is 13.5. The van der Waals surface area contributed by atoms with Crippen LogP contribution in [-0.2, 0) is 11.3 Å². The van der Waals surface area contributed by atoms with E-state index >= 15 is 0 Å². The van der Waals surface area contributed by atoms with Gasteiger partial charge in [0.25, 0.3) is 5.91 Å². The van der Waals surface area contributed by atoms with Crippen LogP contribution >= 0.6 is 0 Å². The number of unbranched alkanes of at least 4 members (excludes halogenated alkanes) is 1. The first kappa shape index (κ1) is 15.2. The average molecular weight is 263 g/mol. The Kier molecular flexibility index (Phi) is 7.27. The molecule has 2 N–H and O–H groups in total. The maximum absolute atomic E-state index is 11.0. The zero-order chi connectivity index (χ0) is 13.9. The van der Waals surface area contributed by atoms with Crippen molar-refractivity contribution in [3.8, 4) is 0 Å². The SMILES string of the molecule is CN(CCCCNC(=O)/C=N\O)Cc1ccccc1. The van der Waals surface area contributed by atoms with E-state index in [-0.39, 0.29) is 5.91 Å². The standard InChI is InChI=1S/C14H21N3O2/c1-17(12-13-7-3-2-4-8-13)10-6-5-9-15-14(18)11-16-19/h2-4,7-8,11,19H,5-6,9-10,12H2,1H3,(H,15,18)/b16-11-. The lowest BCUT2D eigenvalue weighted by molar-refractivity contribution is -0.114. The predicted molar refractivity (Wildman–Crippen MR) is 75.3 cm³/mol. The molecule has 0 spiro atoms. The highest BCUT2D eigenvalue weighted by molar-refractivity contribution is 6.25. The quantitative estimate of drug-likeness (QED) is 0.323. The largest absolute Gasteiger partial charge is 0.411 e. The molecule has 0 aliphatic carbocycles. The second-order valence-electron chi connectivity index (χ2n) is 4.47. The van der Waals surface area contributed by atoms with Gasteiger partial charge in [0.2, 0.25) is 0 Å². The van der Waals surface area contributed by atoms with Crippen LogP contribution < -0.4 is 5.32 Å². The van der Waals surface area contributed by atoms with Crippen molar-refractivity contribution in [2.45, 2.75) is 19.4 Å². The minimum Gasteiger partial charge on any atom is -0.411 e. The van der Waals surface area contributed by atoms with Crippen molar-refractivity contribution in [2.75, 3.05) is 20.1 Å². The molecule has 1 amide bonds. The second-order valence-corrected chi connectivity index (χ2v) is 4.47. The van der Waals surface area contributed by atoms with Crippen molar-refractivity contribution < 1.29 is 10.0 Å². The van der Waals surface area contributed by atoms with Crippen LogP contribution in [-0.4, -0.2) is 42.4 Å². The van der Waals surface area contributed by atoms with Gasteiger partial charge in [-0.05, 0) is 32.0 Å². The van der Waals surface area contributed by atoms with Crippen molar-refractivity contribution in [3.05, 3.63) is 35.9 Å². The summed E-state index contributed by atoms with van der Waals surface area (Å²) in [4.78, 5) is 13.2. The van der Waals surface area contributed by atoms with Gasteiger partial charge in [0.15, 0.2) is 0 Å². The van der Waals surface area contributed by atoms with Crippen LogP contribution in [0, 0.1) is 0 Å². The average Bonchev–Trinajstić information content (AvgIpc) is 2.40. The number of hydrogen-bond donors (Lipinski definition) is 2. The molecule has 0 aromatic heterocycles. The van der Waals surface area contributed by atoms with E-state index in [0.717, 1.165) is 32.1 Å². The molecule has 0 saturated carbocycles. The van der Waals surface area contributed by atoms with E-state index in [2.05, 4.69) is 34.6 Å². The number of nitrogens with one attached hydrogen (secondary N) is 1. The molecule has 0 unspecified atom stereocenters. The number of benzene rings is 1. The number of carbonyl (C=O) groups is 1. The van der Waals surface area contributed by atoms with Crippen molar-refractivity contribution in [2.24, 2.45) is 5.16 Å². The van der Waals surface area contributed by atoms with Gasteiger partial charge in [-0.25, -0.2) is 0 Å². The zero-order valence-corrected chi connectivity index (χ0v) is 11.2. The van der Waals surface area contributed by atoms with Crippen molar-refractivity contribution in [3.63, 3.8) is 0 Å². The first-order chi connectivity index (χ1) is 9.22. The first-order valence-electron chi connectivity index (χ1n) is 6.40. The molecule has 19 heavy (non-hydrogen) atoms. The lowest BCUT2D eigenvalue weighted by atomic mass is 10.2. The molecule has 0 radical (unpaired) electrons. The summed E-state index contributed by atoms with van der Waals surface area (Å²) in [6, 6.07) is 10.3. The lowest BCUT2D eigenvalue weighted by Crippen LogP contribution is -2.26. The molecule has 0 bridgehead atoms. The van der Waals surface area contributed by atoms with Gasteiger partial charge in [-0.2, -0.15) is 0 Å². The van der Waals surface area contributed by atoms with Gasteiger partial charge in [0.05, 0.1) is 0 Å². The van der Waals surface area contributed by atoms with Crippen molar-refractivity contribution >= 4 is 12.1 Å². The van der Waals surface area contributed by atoms with Gasteiger partial charge in [0, 0.05) is 13.1 Å².